The molecule has 27 heavy (non-hydrogen) atoms. The first-order chi connectivity index (χ1) is 13.0. The van der Waals surface area contributed by atoms with E-state index in [1.165, 1.54) is 13.1 Å². The number of hydrogen-bond donors (Lipinski definition) is 2. The van der Waals surface area contributed by atoms with Crippen molar-refractivity contribution in [1.29, 1.82) is 5.26 Å². The van der Waals surface area contributed by atoms with E-state index in [2.05, 4.69) is 25.4 Å². The van der Waals surface area contributed by atoms with Gasteiger partial charge < -0.3 is 19.8 Å². The van der Waals surface area contributed by atoms with Crippen LogP contribution in [0.3, 0.4) is 0 Å². The van der Waals surface area contributed by atoms with Crippen molar-refractivity contribution in [2.24, 2.45) is 0 Å². The van der Waals surface area contributed by atoms with E-state index < -0.39 is 12.5 Å². The number of aromatic amines is 1. The van der Waals surface area contributed by atoms with Crippen molar-refractivity contribution in [2.45, 2.75) is 25.5 Å². The van der Waals surface area contributed by atoms with E-state index >= 15 is 0 Å². The molecule has 0 radical (unpaired) electrons. The Balaban J connectivity index is 1.63. The van der Waals surface area contributed by atoms with E-state index in [4.69, 9.17) is 14.7 Å². The minimum absolute atomic E-state index is 0.170. The van der Waals surface area contributed by atoms with Gasteiger partial charge in [0, 0.05) is 11.6 Å². The van der Waals surface area contributed by atoms with Crippen molar-refractivity contribution in [1.82, 2.24) is 24.7 Å². The highest BCUT2D eigenvalue weighted by Gasteiger charge is 2.26. The van der Waals surface area contributed by atoms with Crippen molar-refractivity contribution >= 4 is 22.7 Å². The standard InChI is InChI=1S/C16H15F2N7O2/c1-8(13(17)18)25-5-12(15(24-25)27-11-6-26-7-11)22-16-20-4-9-2-10(3-19)21-14(9)23-16/h2,4-5,8,11,13H,6-7H2,1H3,(H2,20,21,22,23). The highest BCUT2D eigenvalue weighted by molar-refractivity contribution is 5.78. The van der Waals surface area contributed by atoms with Crippen LogP contribution < -0.4 is 10.1 Å². The summed E-state index contributed by atoms with van der Waals surface area (Å²) in [5.74, 6) is 0.386. The fourth-order valence-electron chi connectivity index (χ4n) is 2.47. The molecule has 4 heterocycles. The second kappa shape index (κ2) is 6.81. The lowest BCUT2D eigenvalue weighted by molar-refractivity contribution is -0.0814. The maximum absolute atomic E-state index is 13.0. The molecule has 1 aliphatic heterocycles. The summed E-state index contributed by atoms with van der Waals surface area (Å²) in [5, 5.41) is 16.7. The van der Waals surface area contributed by atoms with Crippen LogP contribution in [-0.4, -0.2) is 50.5 Å². The number of nitriles is 1. The summed E-state index contributed by atoms with van der Waals surface area (Å²) in [6, 6.07) is 2.51. The largest absolute Gasteiger partial charge is 0.467 e. The fraction of sp³-hybridized carbons (Fsp3) is 0.375. The minimum atomic E-state index is -2.58. The van der Waals surface area contributed by atoms with Crippen molar-refractivity contribution in [2.75, 3.05) is 18.5 Å². The van der Waals surface area contributed by atoms with E-state index in [-0.39, 0.29) is 17.9 Å². The highest BCUT2D eigenvalue weighted by atomic mass is 19.3. The lowest BCUT2D eigenvalue weighted by Crippen LogP contribution is -2.38. The van der Waals surface area contributed by atoms with Gasteiger partial charge in [0.15, 0.2) is 0 Å². The summed E-state index contributed by atoms with van der Waals surface area (Å²) in [6.45, 7) is 2.19. The molecule has 1 aliphatic rings. The summed E-state index contributed by atoms with van der Waals surface area (Å²) in [4.78, 5) is 11.3. The molecule has 1 fully saturated rings. The van der Waals surface area contributed by atoms with Gasteiger partial charge in [-0.25, -0.2) is 13.8 Å². The molecule has 0 aliphatic carbocycles. The highest BCUT2D eigenvalue weighted by Crippen LogP contribution is 2.30. The third-order valence-electron chi connectivity index (χ3n) is 4.10. The van der Waals surface area contributed by atoms with Crippen LogP contribution in [0.2, 0.25) is 0 Å². The zero-order valence-electron chi connectivity index (χ0n) is 14.2. The molecule has 11 heteroatoms. The smallest absolute Gasteiger partial charge is 0.260 e. The van der Waals surface area contributed by atoms with Gasteiger partial charge in [0.1, 0.15) is 35.2 Å². The van der Waals surface area contributed by atoms with E-state index in [0.717, 1.165) is 4.68 Å². The Labute approximate surface area is 151 Å². The van der Waals surface area contributed by atoms with Gasteiger partial charge >= 0.3 is 0 Å². The molecule has 3 aromatic rings. The molecule has 1 atom stereocenters. The normalized spacial score (nSPS) is 15.5. The third kappa shape index (κ3) is 3.39. The number of halogens is 2. The number of anilines is 2. The molecule has 9 nitrogen and oxygen atoms in total. The Morgan fingerprint density at radius 1 is 1.48 bits per heavy atom. The number of aromatic nitrogens is 5. The van der Waals surface area contributed by atoms with Crippen molar-refractivity contribution in [3.63, 3.8) is 0 Å². The molecule has 4 rings (SSSR count). The Kier molecular flexibility index (Phi) is 4.33. The summed E-state index contributed by atoms with van der Waals surface area (Å²) in [6.07, 6.45) is 0.220. The number of H-pyrrole nitrogens is 1. The molecule has 0 bridgehead atoms. The van der Waals surface area contributed by atoms with Gasteiger partial charge in [0.25, 0.3) is 12.3 Å². The van der Waals surface area contributed by atoms with Gasteiger partial charge in [-0.05, 0) is 13.0 Å². The molecule has 1 unspecified atom stereocenters. The van der Waals surface area contributed by atoms with Crippen LogP contribution in [0, 0.1) is 11.3 Å². The van der Waals surface area contributed by atoms with Crippen LogP contribution in [-0.2, 0) is 4.74 Å². The zero-order valence-corrected chi connectivity index (χ0v) is 14.2. The Morgan fingerprint density at radius 2 is 2.30 bits per heavy atom. The molecule has 0 amide bonds. The molecule has 3 aromatic heterocycles. The van der Waals surface area contributed by atoms with Crippen LogP contribution in [0.15, 0.2) is 18.5 Å². The van der Waals surface area contributed by atoms with Gasteiger partial charge in [-0.15, -0.1) is 5.10 Å². The molecule has 140 valence electrons. The maximum atomic E-state index is 13.0. The number of fused-ring (bicyclic) bond motifs is 1. The number of hydrogen-bond acceptors (Lipinski definition) is 7. The fourth-order valence-corrected chi connectivity index (χ4v) is 2.47. The minimum Gasteiger partial charge on any atom is -0.467 e. The summed E-state index contributed by atoms with van der Waals surface area (Å²) >= 11 is 0. The van der Waals surface area contributed by atoms with E-state index in [0.29, 0.717) is 35.6 Å². The summed E-state index contributed by atoms with van der Waals surface area (Å²) in [7, 11) is 0. The van der Waals surface area contributed by atoms with Gasteiger partial charge in [-0.1, -0.05) is 0 Å². The third-order valence-corrected chi connectivity index (χ3v) is 4.10. The second-order valence-electron chi connectivity index (χ2n) is 6.10. The number of ether oxygens (including phenoxy) is 2. The van der Waals surface area contributed by atoms with Crippen LogP contribution in [0.5, 0.6) is 5.88 Å². The molecule has 0 aromatic carbocycles. The maximum Gasteiger partial charge on any atom is 0.260 e. The zero-order chi connectivity index (χ0) is 19.0. The predicted molar refractivity (Wildman–Crippen MR) is 90.1 cm³/mol. The Bertz CT molecular complexity index is 1010. The lowest BCUT2D eigenvalue weighted by atomic mass is 10.3. The predicted octanol–water partition coefficient (Wildman–Crippen LogP) is 2.37. The van der Waals surface area contributed by atoms with Crippen molar-refractivity contribution in [3.8, 4) is 11.9 Å². The number of nitrogens with one attached hydrogen (secondary N) is 2. The summed E-state index contributed by atoms with van der Waals surface area (Å²) in [5.41, 5.74) is 1.21. The van der Waals surface area contributed by atoms with Crippen molar-refractivity contribution < 1.29 is 18.3 Å². The molecule has 2 N–H and O–H groups in total. The van der Waals surface area contributed by atoms with Crippen LogP contribution in [0.4, 0.5) is 20.4 Å². The molecule has 0 saturated carbocycles. The number of nitrogens with zero attached hydrogens (tertiary/aromatic N) is 5. The van der Waals surface area contributed by atoms with Gasteiger partial charge in [0.2, 0.25) is 5.95 Å². The van der Waals surface area contributed by atoms with Gasteiger partial charge in [-0.3, -0.25) is 4.68 Å². The molecular formula is C16H15F2N7O2. The van der Waals surface area contributed by atoms with Gasteiger partial charge in [-0.2, -0.15) is 10.2 Å². The van der Waals surface area contributed by atoms with Crippen LogP contribution in [0.1, 0.15) is 18.7 Å². The molecule has 1 saturated heterocycles. The van der Waals surface area contributed by atoms with E-state index in [1.54, 1.807) is 12.3 Å². The first-order valence-electron chi connectivity index (χ1n) is 8.18. The quantitative estimate of drug-likeness (QED) is 0.680. The lowest BCUT2D eigenvalue weighted by Gasteiger charge is -2.25. The summed E-state index contributed by atoms with van der Waals surface area (Å²) < 4.78 is 38.0. The van der Waals surface area contributed by atoms with Crippen LogP contribution >= 0.6 is 0 Å². The second-order valence-corrected chi connectivity index (χ2v) is 6.10. The molecule has 0 spiro atoms. The van der Waals surface area contributed by atoms with Crippen molar-refractivity contribution in [3.05, 3.63) is 24.2 Å². The SMILES string of the molecule is CC(C(F)F)n1cc(Nc2ncc3cc(C#N)[nH]c3n2)c(OC2COC2)n1. The molecular weight excluding hydrogens is 360 g/mol. The Hall–Kier alpha value is -3.26. The first kappa shape index (κ1) is 17.2. The van der Waals surface area contributed by atoms with Gasteiger partial charge in [0.05, 0.1) is 19.4 Å². The monoisotopic (exact) mass is 375 g/mol. The first-order valence-corrected chi connectivity index (χ1v) is 8.18. The number of alkyl halides is 2. The Morgan fingerprint density at radius 3 is 2.96 bits per heavy atom. The average molecular weight is 375 g/mol. The van der Waals surface area contributed by atoms with E-state index in [9.17, 15) is 8.78 Å². The number of rotatable bonds is 6. The average Bonchev–Trinajstić information content (AvgIpc) is 3.20. The van der Waals surface area contributed by atoms with Crippen LogP contribution in [0.25, 0.3) is 11.0 Å². The topological polar surface area (TPSA) is 114 Å². The van der Waals surface area contributed by atoms with E-state index in [1.807, 2.05) is 6.07 Å².